The zero-order chi connectivity index (χ0) is 14.4. The summed E-state index contributed by atoms with van der Waals surface area (Å²) in [6, 6.07) is 8.82. The molecule has 1 aromatic heterocycles. The summed E-state index contributed by atoms with van der Waals surface area (Å²) in [6.45, 7) is 2.76. The fourth-order valence-corrected chi connectivity index (χ4v) is 1.84. The van der Waals surface area contributed by atoms with Crippen molar-refractivity contribution >= 4 is 17.5 Å². The second-order valence-electron chi connectivity index (χ2n) is 4.18. The van der Waals surface area contributed by atoms with Gasteiger partial charge >= 0.3 is 0 Å². The highest BCUT2D eigenvalue weighted by atomic mass is 35.5. The predicted octanol–water partition coefficient (Wildman–Crippen LogP) is 2.71. The second kappa shape index (κ2) is 6.96. The van der Waals surface area contributed by atoms with E-state index in [1.807, 2.05) is 19.1 Å². The largest absolute Gasteiger partial charge is 0.470 e. The van der Waals surface area contributed by atoms with Crippen LogP contribution in [0.5, 0.6) is 5.75 Å². The standard InChI is InChI=1S/C14H16ClN3O2/c1-2-8-16-14(19)12-7-9-17-18(12)10-20-13-6-4-3-5-11(13)15/h3-7,9H,2,8,10H2,1H3,(H,16,19). The van der Waals surface area contributed by atoms with Crippen molar-refractivity contribution in [3.63, 3.8) is 0 Å². The van der Waals surface area contributed by atoms with Crippen molar-refractivity contribution in [1.82, 2.24) is 15.1 Å². The number of ether oxygens (including phenoxy) is 1. The van der Waals surface area contributed by atoms with Gasteiger partial charge in [0.2, 0.25) is 0 Å². The first kappa shape index (κ1) is 14.4. The van der Waals surface area contributed by atoms with Crippen LogP contribution in [-0.2, 0) is 6.73 Å². The molecule has 0 saturated heterocycles. The van der Waals surface area contributed by atoms with E-state index in [0.717, 1.165) is 6.42 Å². The minimum Gasteiger partial charge on any atom is -0.470 e. The minimum atomic E-state index is -0.160. The van der Waals surface area contributed by atoms with Crippen molar-refractivity contribution in [2.75, 3.05) is 6.54 Å². The molecule has 106 valence electrons. The van der Waals surface area contributed by atoms with E-state index in [-0.39, 0.29) is 12.6 Å². The van der Waals surface area contributed by atoms with E-state index in [0.29, 0.717) is 23.0 Å². The number of hydrogen-bond acceptors (Lipinski definition) is 3. The van der Waals surface area contributed by atoms with E-state index >= 15 is 0 Å². The molecule has 0 bridgehead atoms. The predicted molar refractivity (Wildman–Crippen MR) is 76.9 cm³/mol. The molecule has 20 heavy (non-hydrogen) atoms. The molecule has 0 fully saturated rings. The van der Waals surface area contributed by atoms with Crippen LogP contribution in [0.1, 0.15) is 23.8 Å². The van der Waals surface area contributed by atoms with Gasteiger partial charge in [-0.3, -0.25) is 4.79 Å². The van der Waals surface area contributed by atoms with Crippen LogP contribution in [0.3, 0.4) is 0 Å². The van der Waals surface area contributed by atoms with E-state index in [9.17, 15) is 4.79 Å². The third-order valence-corrected chi connectivity index (χ3v) is 2.98. The molecule has 6 heteroatoms. The van der Waals surface area contributed by atoms with Crippen molar-refractivity contribution in [3.8, 4) is 5.75 Å². The monoisotopic (exact) mass is 293 g/mol. The number of halogens is 1. The molecule has 2 aromatic rings. The summed E-state index contributed by atoms with van der Waals surface area (Å²) in [4.78, 5) is 11.9. The normalized spacial score (nSPS) is 10.3. The van der Waals surface area contributed by atoms with Gasteiger partial charge in [-0.1, -0.05) is 30.7 Å². The Kier molecular flexibility index (Phi) is 5.01. The molecule has 0 aliphatic rings. The maximum atomic E-state index is 11.9. The van der Waals surface area contributed by atoms with Crippen LogP contribution in [0.25, 0.3) is 0 Å². The molecule has 0 saturated carbocycles. The number of hydrogen-bond donors (Lipinski definition) is 1. The van der Waals surface area contributed by atoms with Crippen LogP contribution in [0.4, 0.5) is 0 Å². The third-order valence-electron chi connectivity index (χ3n) is 2.66. The number of amides is 1. The summed E-state index contributed by atoms with van der Waals surface area (Å²) in [7, 11) is 0. The number of benzene rings is 1. The summed E-state index contributed by atoms with van der Waals surface area (Å²) < 4.78 is 7.06. The summed E-state index contributed by atoms with van der Waals surface area (Å²) in [5.41, 5.74) is 0.463. The summed E-state index contributed by atoms with van der Waals surface area (Å²) in [5.74, 6) is 0.400. The highest BCUT2D eigenvalue weighted by Crippen LogP contribution is 2.23. The van der Waals surface area contributed by atoms with Gasteiger partial charge in [0.15, 0.2) is 6.73 Å². The SMILES string of the molecule is CCCNC(=O)c1ccnn1COc1ccccc1Cl. The summed E-state index contributed by atoms with van der Waals surface area (Å²) in [5, 5.41) is 7.41. The smallest absolute Gasteiger partial charge is 0.269 e. The number of aromatic nitrogens is 2. The Balaban J connectivity index is 2.02. The zero-order valence-corrected chi connectivity index (χ0v) is 11.9. The van der Waals surface area contributed by atoms with Crippen molar-refractivity contribution in [2.24, 2.45) is 0 Å². The lowest BCUT2D eigenvalue weighted by atomic mass is 10.3. The van der Waals surface area contributed by atoms with E-state index in [4.69, 9.17) is 16.3 Å². The van der Waals surface area contributed by atoms with Crippen LogP contribution in [0.15, 0.2) is 36.5 Å². The van der Waals surface area contributed by atoms with E-state index < -0.39 is 0 Å². The fourth-order valence-electron chi connectivity index (χ4n) is 1.65. The Morgan fingerprint density at radius 3 is 2.95 bits per heavy atom. The molecule has 1 amide bonds. The highest BCUT2D eigenvalue weighted by Gasteiger charge is 2.11. The van der Waals surface area contributed by atoms with Crippen molar-refractivity contribution < 1.29 is 9.53 Å². The van der Waals surface area contributed by atoms with Gasteiger partial charge < -0.3 is 10.1 Å². The van der Waals surface area contributed by atoms with Crippen LogP contribution < -0.4 is 10.1 Å². The van der Waals surface area contributed by atoms with Gasteiger partial charge in [0.05, 0.1) is 5.02 Å². The minimum absolute atomic E-state index is 0.131. The molecule has 0 aliphatic carbocycles. The molecule has 0 unspecified atom stereocenters. The lowest BCUT2D eigenvalue weighted by Crippen LogP contribution is -2.27. The molecule has 0 radical (unpaired) electrons. The number of rotatable bonds is 6. The molecular formula is C14H16ClN3O2. The van der Waals surface area contributed by atoms with Gasteiger partial charge in [0.25, 0.3) is 5.91 Å². The molecule has 1 aromatic carbocycles. The van der Waals surface area contributed by atoms with Crippen molar-refractivity contribution in [2.45, 2.75) is 20.1 Å². The average Bonchev–Trinajstić information content (AvgIpc) is 2.92. The maximum Gasteiger partial charge on any atom is 0.269 e. The van der Waals surface area contributed by atoms with Crippen molar-refractivity contribution in [3.05, 3.63) is 47.2 Å². The van der Waals surface area contributed by atoms with Crippen LogP contribution in [0.2, 0.25) is 5.02 Å². The third kappa shape index (κ3) is 3.51. The van der Waals surface area contributed by atoms with Gasteiger partial charge in [0, 0.05) is 12.7 Å². The zero-order valence-electron chi connectivity index (χ0n) is 11.2. The Labute approximate surface area is 122 Å². The van der Waals surface area contributed by atoms with Crippen LogP contribution in [0, 0.1) is 0 Å². The van der Waals surface area contributed by atoms with E-state index in [2.05, 4.69) is 10.4 Å². The first-order valence-corrected chi connectivity index (χ1v) is 6.77. The summed E-state index contributed by atoms with van der Waals surface area (Å²) in [6.07, 6.45) is 2.45. The molecule has 0 atom stereocenters. The molecule has 0 spiro atoms. The Morgan fingerprint density at radius 2 is 2.20 bits per heavy atom. The van der Waals surface area contributed by atoms with E-state index in [1.165, 1.54) is 4.68 Å². The van der Waals surface area contributed by atoms with Gasteiger partial charge in [-0.05, 0) is 24.6 Å². The number of carbonyl (C=O) groups is 1. The fraction of sp³-hybridized carbons (Fsp3) is 0.286. The van der Waals surface area contributed by atoms with Gasteiger partial charge in [0.1, 0.15) is 11.4 Å². The van der Waals surface area contributed by atoms with Crippen molar-refractivity contribution in [1.29, 1.82) is 0 Å². The van der Waals surface area contributed by atoms with Crippen LogP contribution in [-0.4, -0.2) is 22.2 Å². The first-order chi connectivity index (χ1) is 9.72. The quantitative estimate of drug-likeness (QED) is 0.891. The molecule has 1 N–H and O–H groups in total. The molecular weight excluding hydrogens is 278 g/mol. The van der Waals surface area contributed by atoms with Gasteiger partial charge in [-0.25, -0.2) is 4.68 Å². The number of para-hydroxylation sites is 1. The maximum absolute atomic E-state index is 11.9. The topological polar surface area (TPSA) is 56.2 Å². The van der Waals surface area contributed by atoms with Gasteiger partial charge in [-0.15, -0.1) is 0 Å². The first-order valence-electron chi connectivity index (χ1n) is 6.39. The highest BCUT2D eigenvalue weighted by molar-refractivity contribution is 6.32. The van der Waals surface area contributed by atoms with E-state index in [1.54, 1.807) is 24.4 Å². The Hall–Kier alpha value is -2.01. The van der Waals surface area contributed by atoms with Gasteiger partial charge in [-0.2, -0.15) is 5.10 Å². The molecule has 2 rings (SSSR count). The molecule has 5 nitrogen and oxygen atoms in total. The number of nitrogens with one attached hydrogen (secondary N) is 1. The Morgan fingerprint density at radius 1 is 1.40 bits per heavy atom. The number of carbonyl (C=O) groups excluding carboxylic acids is 1. The average molecular weight is 294 g/mol. The molecule has 0 aliphatic heterocycles. The van der Waals surface area contributed by atoms with Crippen LogP contribution >= 0.6 is 11.6 Å². The number of nitrogens with zero attached hydrogens (tertiary/aromatic N) is 2. The lowest BCUT2D eigenvalue weighted by molar-refractivity contribution is 0.0932. The molecule has 1 heterocycles. The lowest BCUT2D eigenvalue weighted by Gasteiger charge is -2.10. The Bertz CT molecular complexity index is 583. The second-order valence-corrected chi connectivity index (χ2v) is 4.58. The summed E-state index contributed by atoms with van der Waals surface area (Å²) >= 11 is 6.00.